The van der Waals surface area contributed by atoms with Crippen LogP contribution in [0.2, 0.25) is 0 Å². The molecule has 0 amide bonds. The third-order valence-electron chi connectivity index (χ3n) is 7.64. The highest BCUT2D eigenvalue weighted by Gasteiger charge is 2.49. The van der Waals surface area contributed by atoms with Crippen molar-refractivity contribution in [2.75, 3.05) is 0 Å². The molecule has 2 aliphatic carbocycles. The topological polar surface area (TPSA) is 38.0 Å². The van der Waals surface area contributed by atoms with E-state index in [-0.39, 0.29) is 17.3 Å². The highest BCUT2D eigenvalue weighted by molar-refractivity contribution is 5.37. The van der Waals surface area contributed by atoms with Crippen LogP contribution in [0.3, 0.4) is 0 Å². The van der Waals surface area contributed by atoms with Crippen LogP contribution in [0, 0.1) is 23.1 Å². The van der Waals surface area contributed by atoms with E-state index >= 15 is 0 Å². The van der Waals surface area contributed by atoms with Crippen LogP contribution < -0.4 is 0 Å². The number of rotatable bonds is 4. The van der Waals surface area contributed by atoms with Crippen LogP contribution in [0.15, 0.2) is 60.8 Å². The van der Waals surface area contributed by atoms with Gasteiger partial charge in [0, 0.05) is 5.69 Å². The maximum absolute atomic E-state index is 13.4. The Bertz CT molecular complexity index is 1010. The van der Waals surface area contributed by atoms with Crippen LogP contribution in [0.4, 0.5) is 4.39 Å². The summed E-state index contributed by atoms with van der Waals surface area (Å²) in [7, 11) is 0. The molecule has 4 heteroatoms. The van der Waals surface area contributed by atoms with Gasteiger partial charge in [0.1, 0.15) is 5.82 Å². The lowest BCUT2D eigenvalue weighted by molar-refractivity contribution is -0.0468. The molecule has 3 nitrogen and oxygen atoms in total. The van der Waals surface area contributed by atoms with Gasteiger partial charge in [-0.3, -0.25) is 0 Å². The number of hydrogen-bond acceptors (Lipinski definition) is 2. The zero-order valence-corrected chi connectivity index (χ0v) is 17.5. The maximum atomic E-state index is 13.4. The van der Waals surface area contributed by atoms with Gasteiger partial charge in [-0.25, -0.2) is 9.07 Å². The molecule has 3 aromatic rings. The number of aliphatic hydroxyl groups is 1. The summed E-state index contributed by atoms with van der Waals surface area (Å²) in [5, 5.41) is 15.9. The minimum atomic E-state index is -0.325. The first kappa shape index (κ1) is 19.5. The largest absolute Gasteiger partial charge is 0.392 e. The molecule has 156 valence electrons. The van der Waals surface area contributed by atoms with Gasteiger partial charge in [0.05, 0.1) is 18.0 Å². The molecule has 1 heterocycles. The van der Waals surface area contributed by atoms with Crippen LogP contribution in [-0.2, 0) is 19.3 Å². The van der Waals surface area contributed by atoms with Gasteiger partial charge in [-0.15, -0.1) is 0 Å². The van der Waals surface area contributed by atoms with Gasteiger partial charge < -0.3 is 5.11 Å². The molecule has 1 fully saturated rings. The van der Waals surface area contributed by atoms with Crippen molar-refractivity contribution in [2.45, 2.75) is 51.6 Å². The van der Waals surface area contributed by atoms with Crippen LogP contribution in [0.1, 0.15) is 43.0 Å². The summed E-state index contributed by atoms with van der Waals surface area (Å²) in [5.41, 5.74) is 4.73. The molecule has 0 saturated heterocycles. The van der Waals surface area contributed by atoms with Gasteiger partial charge in [-0.05, 0) is 84.7 Å². The van der Waals surface area contributed by atoms with Crippen molar-refractivity contribution in [3.05, 3.63) is 83.4 Å². The molecule has 30 heavy (non-hydrogen) atoms. The van der Waals surface area contributed by atoms with E-state index in [1.807, 2.05) is 29.1 Å². The fraction of sp³-hybridized carbons (Fsp3) is 0.423. The van der Waals surface area contributed by atoms with Crippen molar-refractivity contribution in [1.29, 1.82) is 0 Å². The van der Waals surface area contributed by atoms with Gasteiger partial charge in [0.15, 0.2) is 0 Å². The second kappa shape index (κ2) is 7.66. The number of nitrogens with zero attached hydrogens (tertiary/aromatic N) is 2. The van der Waals surface area contributed by atoms with Gasteiger partial charge >= 0.3 is 0 Å². The molecule has 1 aromatic heterocycles. The van der Waals surface area contributed by atoms with E-state index in [0.717, 1.165) is 37.8 Å². The van der Waals surface area contributed by atoms with E-state index in [9.17, 15) is 9.50 Å². The summed E-state index contributed by atoms with van der Waals surface area (Å²) >= 11 is 0. The average molecular weight is 405 g/mol. The smallest absolute Gasteiger partial charge is 0.123 e. The van der Waals surface area contributed by atoms with Crippen LogP contribution in [0.25, 0.3) is 5.69 Å². The summed E-state index contributed by atoms with van der Waals surface area (Å²) < 4.78 is 15.3. The normalized spacial score (nSPS) is 26.6. The van der Waals surface area contributed by atoms with E-state index < -0.39 is 0 Å². The molecule has 0 bridgehead atoms. The Hall–Kier alpha value is -2.46. The molecule has 2 aromatic carbocycles. The molecular formula is C26H29FN2O. The molecule has 4 atom stereocenters. The lowest BCUT2D eigenvalue weighted by atomic mass is 9.54. The van der Waals surface area contributed by atoms with E-state index in [4.69, 9.17) is 0 Å². The van der Waals surface area contributed by atoms with E-state index in [1.165, 1.54) is 35.4 Å². The Kier molecular flexibility index (Phi) is 4.98. The molecule has 0 unspecified atom stereocenters. The molecule has 1 N–H and O–H groups in total. The molecule has 5 rings (SSSR count). The Morgan fingerprint density at radius 1 is 1.13 bits per heavy atom. The summed E-state index contributed by atoms with van der Waals surface area (Å²) in [6, 6.07) is 16.9. The number of aromatic nitrogens is 2. The number of aliphatic hydroxyl groups excluding tert-OH is 1. The van der Waals surface area contributed by atoms with Gasteiger partial charge in [-0.1, -0.05) is 43.7 Å². The number of benzene rings is 2. The second-order valence-electron chi connectivity index (χ2n) is 9.38. The third-order valence-corrected chi connectivity index (χ3v) is 7.64. The van der Waals surface area contributed by atoms with Crippen molar-refractivity contribution < 1.29 is 9.50 Å². The highest BCUT2D eigenvalue weighted by atomic mass is 19.1. The lowest BCUT2D eigenvalue weighted by Crippen LogP contribution is -2.49. The monoisotopic (exact) mass is 404 g/mol. The van der Waals surface area contributed by atoms with Crippen LogP contribution >= 0.6 is 0 Å². The van der Waals surface area contributed by atoms with Gasteiger partial charge in [0.2, 0.25) is 0 Å². The van der Waals surface area contributed by atoms with Crippen molar-refractivity contribution in [3.63, 3.8) is 0 Å². The molecule has 0 radical (unpaired) electrons. The van der Waals surface area contributed by atoms with Crippen LogP contribution in [-0.4, -0.2) is 21.0 Å². The van der Waals surface area contributed by atoms with E-state index in [0.29, 0.717) is 11.8 Å². The quantitative estimate of drug-likeness (QED) is 0.654. The first-order valence-corrected chi connectivity index (χ1v) is 11.1. The highest BCUT2D eigenvalue weighted by Crippen LogP contribution is 2.53. The number of fused-ring (bicyclic) bond motifs is 2. The number of halogens is 1. The Labute approximate surface area is 177 Å². The average Bonchev–Trinajstić information content (AvgIpc) is 3.14. The number of hydrogen-bond donors (Lipinski definition) is 1. The first-order chi connectivity index (χ1) is 14.5. The summed E-state index contributed by atoms with van der Waals surface area (Å²) in [5.74, 6) is 0.596. The Morgan fingerprint density at radius 2 is 1.90 bits per heavy atom. The maximum Gasteiger partial charge on any atom is 0.123 e. The minimum absolute atomic E-state index is 0.0795. The molecule has 1 saturated carbocycles. The Balaban J connectivity index is 1.43. The van der Waals surface area contributed by atoms with Gasteiger partial charge in [-0.2, -0.15) is 5.10 Å². The second-order valence-corrected chi connectivity index (χ2v) is 9.38. The van der Waals surface area contributed by atoms with E-state index in [1.54, 1.807) is 12.1 Å². The molecular weight excluding hydrogens is 375 g/mol. The summed E-state index contributed by atoms with van der Waals surface area (Å²) in [4.78, 5) is 0. The van der Waals surface area contributed by atoms with Crippen molar-refractivity contribution in [3.8, 4) is 5.69 Å². The van der Waals surface area contributed by atoms with Crippen molar-refractivity contribution in [2.24, 2.45) is 17.3 Å². The lowest BCUT2D eigenvalue weighted by Gasteiger charge is -2.52. The van der Waals surface area contributed by atoms with Crippen molar-refractivity contribution in [1.82, 2.24) is 9.78 Å². The molecule has 2 aliphatic rings. The molecule has 0 spiro atoms. The fourth-order valence-corrected chi connectivity index (χ4v) is 6.01. The fourth-order valence-electron chi connectivity index (χ4n) is 6.01. The van der Waals surface area contributed by atoms with Gasteiger partial charge in [0.25, 0.3) is 0 Å². The summed E-state index contributed by atoms with van der Waals surface area (Å²) in [6.45, 7) is 2.38. The van der Waals surface area contributed by atoms with Crippen molar-refractivity contribution >= 4 is 0 Å². The predicted molar refractivity (Wildman–Crippen MR) is 116 cm³/mol. The third kappa shape index (κ3) is 3.37. The minimum Gasteiger partial charge on any atom is -0.392 e. The van der Waals surface area contributed by atoms with E-state index in [2.05, 4.69) is 24.2 Å². The standard InChI is InChI=1S/C26H29FN2O/c1-26-16-19-17-28-29(22-12-10-21(27)11-13-22)24(19)15-20(26)8-5-9-23(26)25(30)14-18-6-3-2-4-7-18/h2-4,6-7,10-13,17,20,23,25,30H,5,8-9,14-16H2,1H3/t20-,23+,25-,26-/m0/s1. The SMILES string of the molecule is C[C@]12Cc3cnn(-c4ccc(F)cc4)c3C[C@@H]1CCC[C@@H]2[C@@H](O)Cc1ccccc1. The zero-order chi connectivity index (χ0) is 20.7. The summed E-state index contributed by atoms with van der Waals surface area (Å²) in [6.07, 6.45) is 7.74. The van der Waals surface area contributed by atoms with Crippen LogP contribution in [0.5, 0.6) is 0 Å². The Morgan fingerprint density at radius 3 is 2.67 bits per heavy atom. The predicted octanol–water partition coefficient (Wildman–Crippen LogP) is 5.14. The zero-order valence-electron chi connectivity index (χ0n) is 17.5. The first-order valence-electron chi connectivity index (χ1n) is 11.1. The molecule has 0 aliphatic heterocycles.